The molecule has 0 amide bonds. The predicted molar refractivity (Wildman–Crippen MR) is 89.3 cm³/mol. The Kier molecular flexibility index (Phi) is 7.25. The molecule has 0 saturated heterocycles. The fraction of sp³-hybridized carbons (Fsp3) is 0.684. The van der Waals surface area contributed by atoms with Crippen molar-refractivity contribution in [2.75, 3.05) is 6.54 Å². The zero-order valence-electron chi connectivity index (χ0n) is 13.4. The lowest BCUT2D eigenvalue weighted by Gasteiger charge is -2.30. The lowest BCUT2D eigenvalue weighted by Crippen LogP contribution is -2.35. The fourth-order valence-corrected chi connectivity index (χ4v) is 3.39. The maximum atomic E-state index is 10.1. The lowest BCUT2D eigenvalue weighted by atomic mass is 9.86. The Morgan fingerprint density at radius 1 is 1.14 bits per heavy atom. The molecule has 0 aliphatic heterocycles. The van der Waals surface area contributed by atoms with Gasteiger partial charge in [0.15, 0.2) is 0 Å². The molecular formula is C19H31NO. The second-order valence-corrected chi connectivity index (χ2v) is 6.48. The molecule has 1 fully saturated rings. The van der Waals surface area contributed by atoms with Gasteiger partial charge in [-0.05, 0) is 30.7 Å². The van der Waals surface area contributed by atoms with E-state index < -0.39 is 0 Å². The zero-order chi connectivity index (χ0) is 14.9. The summed E-state index contributed by atoms with van der Waals surface area (Å²) in [6, 6.07) is 11.2. The smallest absolute Gasteiger partial charge is 0.0580 e. The van der Waals surface area contributed by atoms with Gasteiger partial charge in [0, 0.05) is 12.6 Å². The average Bonchev–Trinajstić information content (AvgIpc) is 2.53. The van der Waals surface area contributed by atoms with Crippen LogP contribution in [0.15, 0.2) is 30.3 Å². The summed E-state index contributed by atoms with van der Waals surface area (Å²) in [6.45, 7) is 3.20. The van der Waals surface area contributed by atoms with Crippen LogP contribution >= 0.6 is 0 Å². The molecule has 0 heterocycles. The molecule has 2 nitrogen and oxygen atoms in total. The van der Waals surface area contributed by atoms with Crippen LogP contribution < -0.4 is 5.32 Å². The first-order valence-corrected chi connectivity index (χ1v) is 8.77. The summed E-state index contributed by atoms with van der Waals surface area (Å²) in [5, 5.41) is 13.9. The largest absolute Gasteiger partial charge is 0.393 e. The molecule has 3 atom stereocenters. The van der Waals surface area contributed by atoms with Gasteiger partial charge < -0.3 is 10.4 Å². The summed E-state index contributed by atoms with van der Waals surface area (Å²) in [5.41, 5.74) is 1.39. The molecule has 118 valence electrons. The third-order valence-electron chi connectivity index (χ3n) is 4.79. The van der Waals surface area contributed by atoms with E-state index in [1.54, 1.807) is 0 Å². The number of aliphatic hydroxyl groups excluding tert-OH is 1. The quantitative estimate of drug-likeness (QED) is 0.693. The summed E-state index contributed by atoms with van der Waals surface area (Å²) in [7, 11) is 0. The van der Waals surface area contributed by atoms with Crippen LogP contribution in [-0.4, -0.2) is 17.8 Å². The van der Waals surface area contributed by atoms with Crippen LogP contribution in [0, 0.1) is 5.92 Å². The van der Waals surface area contributed by atoms with E-state index >= 15 is 0 Å². The summed E-state index contributed by atoms with van der Waals surface area (Å²) < 4.78 is 0. The first kappa shape index (κ1) is 16.5. The van der Waals surface area contributed by atoms with E-state index in [1.807, 2.05) is 0 Å². The highest BCUT2D eigenvalue weighted by atomic mass is 16.3. The number of unbranched alkanes of at least 4 members (excludes halogenated alkanes) is 2. The van der Waals surface area contributed by atoms with E-state index in [4.69, 9.17) is 0 Å². The summed E-state index contributed by atoms with van der Waals surface area (Å²) in [5.74, 6) is 0.441. The van der Waals surface area contributed by atoms with Gasteiger partial charge in [-0.1, -0.05) is 69.4 Å². The Labute approximate surface area is 130 Å². The van der Waals surface area contributed by atoms with Crippen molar-refractivity contribution in [1.29, 1.82) is 0 Å². The average molecular weight is 289 g/mol. The van der Waals surface area contributed by atoms with Gasteiger partial charge >= 0.3 is 0 Å². The summed E-state index contributed by atoms with van der Waals surface area (Å²) >= 11 is 0. The van der Waals surface area contributed by atoms with E-state index in [1.165, 1.54) is 50.5 Å². The number of hydrogen-bond acceptors (Lipinski definition) is 2. The Hall–Kier alpha value is -0.860. The van der Waals surface area contributed by atoms with Crippen molar-refractivity contribution in [2.45, 2.75) is 70.4 Å². The van der Waals surface area contributed by atoms with E-state index in [0.29, 0.717) is 12.0 Å². The summed E-state index contributed by atoms with van der Waals surface area (Å²) in [4.78, 5) is 0. The monoisotopic (exact) mass is 289 g/mol. The Morgan fingerprint density at radius 3 is 2.62 bits per heavy atom. The predicted octanol–water partition coefficient (Wildman–Crippen LogP) is 4.45. The van der Waals surface area contributed by atoms with Crippen molar-refractivity contribution in [1.82, 2.24) is 5.32 Å². The van der Waals surface area contributed by atoms with Crippen molar-refractivity contribution in [3.8, 4) is 0 Å². The lowest BCUT2D eigenvalue weighted by molar-refractivity contribution is 0.0678. The molecule has 0 spiro atoms. The van der Waals surface area contributed by atoms with Crippen LogP contribution in [0.25, 0.3) is 0 Å². The Bertz CT molecular complexity index is 378. The molecule has 0 radical (unpaired) electrons. The van der Waals surface area contributed by atoms with Crippen molar-refractivity contribution >= 4 is 0 Å². The van der Waals surface area contributed by atoms with Gasteiger partial charge in [0.05, 0.1) is 6.10 Å². The first-order chi connectivity index (χ1) is 10.3. The van der Waals surface area contributed by atoms with Crippen LogP contribution in [0.5, 0.6) is 0 Å². The highest BCUT2D eigenvalue weighted by Gasteiger charge is 2.23. The molecule has 0 aromatic heterocycles. The van der Waals surface area contributed by atoms with E-state index in [2.05, 4.69) is 42.6 Å². The normalized spacial score (nSPS) is 23.9. The van der Waals surface area contributed by atoms with Gasteiger partial charge in [-0.25, -0.2) is 0 Å². The van der Waals surface area contributed by atoms with Crippen molar-refractivity contribution in [3.63, 3.8) is 0 Å². The van der Waals surface area contributed by atoms with Gasteiger partial charge in [0.25, 0.3) is 0 Å². The number of nitrogens with one attached hydrogen (secondary N) is 1. The molecule has 1 saturated carbocycles. The molecule has 1 aromatic rings. The minimum Gasteiger partial charge on any atom is -0.393 e. The molecule has 2 rings (SSSR count). The maximum absolute atomic E-state index is 10.1. The highest BCUT2D eigenvalue weighted by Crippen LogP contribution is 2.26. The summed E-state index contributed by atoms with van der Waals surface area (Å²) in [6.07, 6.45) is 9.56. The number of hydrogen-bond donors (Lipinski definition) is 2. The van der Waals surface area contributed by atoms with Crippen LogP contribution in [0.2, 0.25) is 0 Å². The van der Waals surface area contributed by atoms with Gasteiger partial charge in [-0.2, -0.15) is 0 Å². The Morgan fingerprint density at radius 2 is 1.90 bits per heavy atom. The zero-order valence-corrected chi connectivity index (χ0v) is 13.4. The molecule has 1 aromatic carbocycles. The van der Waals surface area contributed by atoms with Crippen LogP contribution in [0.3, 0.4) is 0 Å². The Balaban J connectivity index is 1.89. The molecule has 3 unspecified atom stereocenters. The van der Waals surface area contributed by atoms with Gasteiger partial charge in [0.1, 0.15) is 0 Å². The highest BCUT2D eigenvalue weighted by molar-refractivity contribution is 5.18. The van der Waals surface area contributed by atoms with E-state index in [9.17, 15) is 5.11 Å². The second kappa shape index (κ2) is 9.22. The fourth-order valence-electron chi connectivity index (χ4n) is 3.39. The van der Waals surface area contributed by atoms with E-state index in [0.717, 1.165) is 13.0 Å². The first-order valence-electron chi connectivity index (χ1n) is 8.77. The standard InChI is InChI=1S/C19H31NO/c1-2-3-5-13-18(16-10-6-4-7-11-16)20-15-17-12-8-9-14-19(17)21/h4,6-7,10-11,17-21H,2-3,5,8-9,12-15H2,1H3. The third kappa shape index (κ3) is 5.44. The number of benzene rings is 1. The van der Waals surface area contributed by atoms with Gasteiger partial charge in [0.2, 0.25) is 0 Å². The molecule has 2 heteroatoms. The van der Waals surface area contributed by atoms with Crippen molar-refractivity contribution in [2.24, 2.45) is 5.92 Å². The number of rotatable bonds is 8. The van der Waals surface area contributed by atoms with Crippen LogP contribution in [0.4, 0.5) is 0 Å². The molecule has 2 N–H and O–H groups in total. The minimum atomic E-state index is -0.0988. The second-order valence-electron chi connectivity index (χ2n) is 6.48. The van der Waals surface area contributed by atoms with Crippen molar-refractivity contribution < 1.29 is 5.11 Å². The van der Waals surface area contributed by atoms with Crippen LogP contribution in [0.1, 0.15) is 69.9 Å². The molecule has 1 aliphatic rings. The maximum Gasteiger partial charge on any atom is 0.0580 e. The molecule has 0 bridgehead atoms. The topological polar surface area (TPSA) is 32.3 Å². The third-order valence-corrected chi connectivity index (χ3v) is 4.79. The number of aliphatic hydroxyl groups is 1. The van der Waals surface area contributed by atoms with Gasteiger partial charge in [-0.15, -0.1) is 0 Å². The SMILES string of the molecule is CCCCCC(NCC1CCCCC1O)c1ccccc1. The molecule has 21 heavy (non-hydrogen) atoms. The van der Waals surface area contributed by atoms with Crippen molar-refractivity contribution in [3.05, 3.63) is 35.9 Å². The minimum absolute atomic E-state index is 0.0988. The molecule has 1 aliphatic carbocycles. The molecular weight excluding hydrogens is 258 g/mol. The van der Waals surface area contributed by atoms with Gasteiger partial charge in [-0.3, -0.25) is 0 Å². The van der Waals surface area contributed by atoms with Crippen LogP contribution in [-0.2, 0) is 0 Å². The van der Waals surface area contributed by atoms with E-state index in [-0.39, 0.29) is 6.10 Å².